The topological polar surface area (TPSA) is 108 Å². The largest absolute Gasteiger partial charge is 3.00 e. The minimum atomic E-state index is -0.0110. The molecule has 0 spiro atoms. The molecule has 3 aromatic carbocycles. The Bertz CT molecular complexity index is 1330. The molecule has 3 heterocycles. The van der Waals surface area contributed by atoms with Gasteiger partial charge >= 0.3 is 36.8 Å². The molecular weight excluding hydrogens is 519 g/mol. The van der Waals surface area contributed by atoms with Gasteiger partial charge in [-0.25, -0.2) is 0 Å². The molecule has 0 aliphatic heterocycles. The average molecular weight is 541 g/mol. The van der Waals surface area contributed by atoms with E-state index in [9.17, 15) is 15.3 Å². The molecule has 0 aliphatic carbocycles. The molecule has 6 rings (SSSR count). The molecule has 0 saturated heterocycles. The predicted octanol–water partition coefficient (Wildman–Crippen LogP) is 4.18. The first-order valence-corrected chi connectivity index (χ1v) is 10.2. The summed E-state index contributed by atoms with van der Waals surface area (Å²) >= 11 is 0. The van der Waals surface area contributed by atoms with Crippen LogP contribution in [0.2, 0.25) is 0 Å². The fraction of sp³-hybridized carbons (Fsp3) is 0.0357. The van der Waals surface area contributed by atoms with Gasteiger partial charge in [-0.2, -0.15) is 0 Å². The summed E-state index contributed by atoms with van der Waals surface area (Å²) in [5.41, 5.74) is 1.65. The van der Waals surface area contributed by atoms with Crippen molar-refractivity contribution in [1.82, 2.24) is 15.0 Å². The molecule has 0 radical (unpaired) electrons. The van der Waals surface area contributed by atoms with Gasteiger partial charge in [0.25, 0.3) is 0 Å². The van der Waals surface area contributed by atoms with Gasteiger partial charge in [0, 0.05) is 18.6 Å². The van der Waals surface area contributed by atoms with Crippen molar-refractivity contribution in [3.8, 4) is 17.2 Å². The van der Waals surface area contributed by atoms with E-state index in [4.69, 9.17) is 0 Å². The fourth-order valence-corrected chi connectivity index (χ4v) is 3.23. The number of para-hydroxylation sites is 3. The SMILES string of the molecule is C.[Al+3].[O-]c1cccc2cccnc12.[O-]c1cccc2cccnc12.[O-]c1cccc2cccnc12.[Zn+2]. The Morgan fingerprint density at radius 1 is 0.417 bits per heavy atom. The second-order valence-corrected chi connectivity index (χ2v) is 6.99. The second-order valence-electron chi connectivity index (χ2n) is 6.99. The Balaban J connectivity index is 0.000000259. The molecule has 0 atom stereocenters. The van der Waals surface area contributed by atoms with Crippen LogP contribution in [0.3, 0.4) is 0 Å². The molecule has 0 saturated carbocycles. The summed E-state index contributed by atoms with van der Waals surface area (Å²) in [6.45, 7) is 0. The van der Waals surface area contributed by atoms with Gasteiger partial charge in [-0.15, -0.1) is 0 Å². The molecule has 0 amide bonds. The van der Waals surface area contributed by atoms with E-state index in [0.717, 1.165) is 16.2 Å². The normalized spacial score (nSPS) is 9.33. The fourth-order valence-electron chi connectivity index (χ4n) is 3.23. The van der Waals surface area contributed by atoms with Crippen LogP contribution in [-0.2, 0) is 19.5 Å². The van der Waals surface area contributed by atoms with Crippen LogP contribution in [-0.4, -0.2) is 32.3 Å². The van der Waals surface area contributed by atoms with Crippen molar-refractivity contribution in [1.29, 1.82) is 0 Å². The van der Waals surface area contributed by atoms with Crippen molar-refractivity contribution in [2.45, 2.75) is 7.43 Å². The van der Waals surface area contributed by atoms with Gasteiger partial charge in [0.15, 0.2) is 0 Å². The molecule has 0 fully saturated rings. The summed E-state index contributed by atoms with van der Waals surface area (Å²) < 4.78 is 0. The number of fused-ring (bicyclic) bond motifs is 3. The molecule has 0 aliphatic rings. The van der Waals surface area contributed by atoms with E-state index in [1.807, 2.05) is 54.6 Å². The Morgan fingerprint density at radius 2 is 0.667 bits per heavy atom. The van der Waals surface area contributed by atoms with Crippen molar-refractivity contribution >= 4 is 50.1 Å². The smallest absolute Gasteiger partial charge is 0.871 e. The number of pyridine rings is 3. The molecule has 8 heteroatoms. The van der Waals surface area contributed by atoms with E-state index >= 15 is 0 Å². The Morgan fingerprint density at radius 3 is 0.917 bits per heavy atom. The zero-order valence-electron chi connectivity index (χ0n) is 18.7. The van der Waals surface area contributed by atoms with Crippen LogP contribution in [0, 0.1) is 0 Å². The van der Waals surface area contributed by atoms with E-state index in [1.165, 1.54) is 18.2 Å². The van der Waals surface area contributed by atoms with Crippen molar-refractivity contribution in [2.24, 2.45) is 0 Å². The minimum absolute atomic E-state index is 0. The number of hydrogen-bond donors (Lipinski definition) is 0. The van der Waals surface area contributed by atoms with Crippen molar-refractivity contribution in [3.63, 3.8) is 0 Å². The standard InChI is InChI=1S/3C9H7NO.CH4.Al.Zn/c3*11-8-5-1-3-7-4-2-6-10-9(7)8;;;/h3*1-6,11H;1H4;;/q;;;;+3;+2/p-3. The summed E-state index contributed by atoms with van der Waals surface area (Å²) in [5, 5.41) is 36.1. The summed E-state index contributed by atoms with van der Waals surface area (Å²) in [4.78, 5) is 11.9. The van der Waals surface area contributed by atoms with Crippen molar-refractivity contribution < 1.29 is 34.8 Å². The first kappa shape index (κ1) is 30.5. The van der Waals surface area contributed by atoms with Crippen molar-refractivity contribution in [2.75, 3.05) is 0 Å². The van der Waals surface area contributed by atoms with Crippen LogP contribution in [0.15, 0.2) is 110 Å². The maximum absolute atomic E-state index is 11.1. The minimum Gasteiger partial charge on any atom is -0.871 e. The number of nitrogens with zero attached hydrogens (tertiary/aromatic N) is 3. The van der Waals surface area contributed by atoms with Gasteiger partial charge in [0.1, 0.15) is 0 Å². The molecule has 0 N–H and O–H groups in total. The number of rotatable bonds is 0. The molecule has 170 valence electrons. The van der Waals surface area contributed by atoms with Crippen LogP contribution >= 0.6 is 0 Å². The van der Waals surface area contributed by atoms with Crippen LogP contribution in [0.25, 0.3) is 32.7 Å². The maximum atomic E-state index is 11.1. The molecule has 6 aromatic rings. The molecule has 0 bridgehead atoms. The third-order valence-corrected chi connectivity index (χ3v) is 4.79. The quantitative estimate of drug-likeness (QED) is 0.268. The third kappa shape index (κ3) is 7.47. The number of aromatic nitrogens is 3. The molecule has 3 aromatic heterocycles. The van der Waals surface area contributed by atoms with Crippen molar-refractivity contribution in [3.05, 3.63) is 110 Å². The van der Waals surface area contributed by atoms with Crippen LogP contribution in [0.5, 0.6) is 17.2 Å². The average Bonchev–Trinajstić information content (AvgIpc) is 2.86. The summed E-state index contributed by atoms with van der Waals surface area (Å²) in [6.07, 6.45) is 4.89. The molecule has 6 nitrogen and oxygen atoms in total. The van der Waals surface area contributed by atoms with Gasteiger partial charge < -0.3 is 15.3 Å². The van der Waals surface area contributed by atoms with E-state index in [0.29, 0.717) is 16.6 Å². The first-order chi connectivity index (χ1) is 16.1. The Kier molecular flexibility index (Phi) is 12.5. The Labute approximate surface area is 233 Å². The molecule has 36 heavy (non-hydrogen) atoms. The van der Waals surface area contributed by atoms with Crippen LogP contribution < -0.4 is 15.3 Å². The van der Waals surface area contributed by atoms with E-state index in [1.54, 1.807) is 36.8 Å². The summed E-state index contributed by atoms with van der Waals surface area (Å²) in [6, 6.07) is 26.5. The van der Waals surface area contributed by atoms with E-state index in [-0.39, 0.29) is 61.5 Å². The predicted molar refractivity (Wildman–Crippen MR) is 136 cm³/mol. The first-order valence-electron chi connectivity index (χ1n) is 10.2. The summed E-state index contributed by atoms with van der Waals surface area (Å²) in [7, 11) is 0. The van der Waals surface area contributed by atoms with Gasteiger partial charge in [0.2, 0.25) is 0 Å². The van der Waals surface area contributed by atoms with Gasteiger partial charge in [-0.3, -0.25) is 15.0 Å². The zero-order valence-corrected chi connectivity index (χ0v) is 22.9. The van der Waals surface area contributed by atoms with E-state index in [2.05, 4.69) is 15.0 Å². The number of hydrogen-bond acceptors (Lipinski definition) is 6. The van der Waals surface area contributed by atoms with Gasteiger partial charge in [0.05, 0.1) is 16.6 Å². The van der Waals surface area contributed by atoms with Gasteiger partial charge in [-0.05, 0) is 34.4 Å². The molecule has 0 unspecified atom stereocenters. The second kappa shape index (κ2) is 14.8. The third-order valence-electron chi connectivity index (χ3n) is 4.79. The van der Waals surface area contributed by atoms with Crippen LogP contribution in [0.1, 0.15) is 7.43 Å². The van der Waals surface area contributed by atoms with Crippen LogP contribution in [0.4, 0.5) is 0 Å². The van der Waals surface area contributed by atoms with Gasteiger partial charge in [-0.1, -0.05) is 97.5 Å². The van der Waals surface area contributed by atoms with E-state index < -0.39 is 0 Å². The Hall–Kier alpha value is -3.55. The monoisotopic (exact) mass is 539 g/mol. The number of benzene rings is 3. The summed E-state index contributed by atoms with van der Waals surface area (Å²) in [5.74, 6) is -0.0331. The zero-order chi connectivity index (χ0) is 23.0. The maximum Gasteiger partial charge on any atom is 3.00 e. The molecular formula is C28H22AlN3O3Zn+2.